The van der Waals surface area contributed by atoms with Gasteiger partial charge in [-0.1, -0.05) is 0 Å². The third-order valence-corrected chi connectivity index (χ3v) is 1.89. The summed E-state index contributed by atoms with van der Waals surface area (Å²) in [4.78, 5) is 23.1. The van der Waals surface area contributed by atoms with Gasteiger partial charge in [-0.25, -0.2) is 0 Å². The second-order valence-electron chi connectivity index (χ2n) is 3.01. The zero-order valence-corrected chi connectivity index (χ0v) is 9.10. The number of ketones is 2. The van der Waals surface area contributed by atoms with E-state index in [1.54, 1.807) is 0 Å². The van der Waals surface area contributed by atoms with Crippen molar-refractivity contribution in [2.45, 2.75) is 0 Å². The van der Waals surface area contributed by atoms with E-state index in [0.29, 0.717) is 11.1 Å². The lowest BCUT2D eigenvalue weighted by atomic mass is 9.96. The van der Waals surface area contributed by atoms with Gasteiger partial charge in [0.05, 0.1) is 26.7 Å². The highest BCUT2D eigenvalue weighted by Gasteiger charge is 2.17. The Morgan fingerprint density at radius 1 is 0.938 bits per heavy atom. The molecule has 0 amide bonds. The molecule has 1 aliphatic carbocycles. The minimum Gasteiger partial charge on any atom is -0.504 e. The Balaban J connectivity index is 2.93. The van der Waals surface area contributed by atoms with E-state index in [9.17, 15) is 9.59 Å². The topological polar surface area (TPSA) is 52.6 Å². The van der Waals surface area contributed by atoms with Crippen LogP contribution in [0.3, 0.4) is 0 Å². The second-order valence-corrected chi connectivity index (χ2v) is 3.01. The summed E-state index contributed by atoms with van der Waals surface area (Å²) in [5.41, 5.74) is 0.593. The van der Waals surface area contributed by atoms with Crippen molar-refractivity contribution in [3.05, 3.63) is 48.0 Å². The maximum Gasteiger partial charge on any atom is 0.193 e. The summed E-state index contributed by atoms with van der Waals surface area (Å²) in [7, 11) is 2.93. The third kappa shape index (κ3) is 2.95. The summed E-state index contributed by atoms with van der Waals surface area (Å²) < 4.78 is 9.39. The van der Waals surface area contributed by atoms with E-state index in [2.05, 4.69) is 0 Å². The standard InChI is InChI=1S/C12H12O4/c1-15-5-3-9-7-11(13)8-10(12(9)14)4-6-16-2/h3-8H,1-2H3/b5-3-,6-4-. The molecule has 1 aliphatic rings. The van der Waals surface area contributed by atoms with Gasteiger partial charge in [-0.3, -0.25) is 9.59 Å². The molecule has 0 saturated heterocycles. The Kier molecular flexibility index (Phi) is 4.27. The highest BCUT2D eigenvalue weighted by Crippen LogP contribution is 2.15. The Morgan fingerprint density at radius 2 is 1.38 bits per heavy atom. The van der Waals surface area contributed by atoms with Gasteiger partial charge >= 0.3 is 0 Å². The van der Waals surface area contributed by atoms with E-state index in [0.717, 1.165) is 0 Å². The number of Topliss-reactive ketones (excluding diaryl/α,β-unsaturated/α-hetero) is 1. The molecule has 0 aromatic rings. The van der Waals surface area contributed by atoms with E-state index in [-0.39, 0.29) is 11.6 Å². The Bertz CT molecular complexity index is 375. The Morgan fingerprint density at radius 3 is 1.75 bits per heavy atom. The minimum atomic E-state index is -0.235. The normalized spacial score (nSPS) is 16.6. The number of allylic oxidation sites excluding steroid dienone is 6. The molecule has 0 heterocycles. The van der Waals surface area contributed by atoms with E-state index < -0.39 is 0 Å². The molecule has 4 heteroatoms. The molecular weight excluding hydrogens is 208 g/mol. The summed E-state index contributed by atoms with van der Waals surface area (Å²) >= 11 is 0. The van der Waals surface area contributed by atoms with Crippen molar-refractivity contribution >= 4 is 11.6 Å². The highest BCUT2D eigenvalue weighted by atomic mass is 16.5. The molecule has 16 heavy (non-hydrogen) atoms. The number of methoxy groups -OCH3 is 2. The first kappa shape index (κ1) is 12.0. The number of hydrogen-bond donors (Lipinski definition) is 0. The van der Waals surface area contributed by atoms with Gasteiger partial charge in [-0.2, -0.15) is 0 Å². The lowest BCUT2D eigenvalue weighted by Crippen LogP contribution is -2.11. The molecule has 4 nitrogen and oxygen atoms in total. The van der Waals surface area contributed by atoms with Crippen LogP contribution in [0, 0.1) is 0 Å². The first-order valence-corrected chi connectivity index (χ1v) is 4.59. The van der Waals surface area contributed by atoms with E-state index >= 15 is 0 Å². The van der Waals surface area contributed by atoms with Crippen molar-refractivity contribution in [1.82, 2.24) is 0 Å². The summed E-state index contributed by atoms with van der Waals surface area (Å²) in [5.74, 6) is -0.465. The van der Waals surface area contributed by atoms with Crippen LogP contribution in [-0.2, 0) is 19.1 Å². The molecule has 0 bridgehead atoms. The molecule has 0 unspecified atom stereocenters. The molecule has 0 aromatic carbocycles. The predicted molar refractivity (Wildman–Crippen MR) is 58.5 cm³/mol. The summed E-state index contributed by atoms with van der Waals surface area (Å²) in [6.07, 6.45) is 8.13. The van der Waals surface area contributed by atoms with E-state index in [1.165, 1.54) is 51.0 Å². The zero-order valence-electron chi connectivity index (χ0n) is 9.10. The average Bonchev–Trinajstić information content (AvgIpc) is 2.28. The van der Waals surface area contributed by atoms with Gasteiger partial charge in [0.15, 0.2) is 11.6 Å². The lowest BCUT2D eigenvalue weighted by Gasteiger charge is -2.07. The smallest absolute Gasteiger partial charge is 0.193 e. The van der Waals surface area contributed by atoms with Gasteiger partial charge in [0.25, 0.3) is 0 Å². The van der Waals surface area contributed by atoms with Crippen molar-refractivity contribution in [1.29, 1.82) is 0 Å². The zero-order chi connectivity index (χ0) is 12.0. The molecule has 0 spiro atoms. The SMILES string of the molecule is CO/C=C\C1=CC(=O)C=C(/C=C\OC)C1=O. The molecule has 0 fully saturated rings. The minimum absolute atomic E-state index is 0.230. The average molecular weight is 220 g/mol. The fourth-order valence-electron chi connectivity index (χ4n) is 1.18. The predicted octanol–water partition coefficient (Wildman–Crippen LogP) is 1.31. The summed E-state index contributed by atoms with van der Waals surface area (Å²) in [6.45, 7) is 0. The van der Waals surface area contributed by atoms with Gasteiger partial charge < -0.3 is 9.47 Å². The van der Waals surface area contributed by atoms with Gasteiger partial charge in [-0.15, -0.1) is 0 Å². The quantitative estimate of drug-likeness (QED) is 0.529. The summed E-state index contributed by atoms with van der Waals surface area (Å²) in [6, 6.07) is 0. The molecule has 1 rings (SSSR count). The van der Waals surface area contributed by atoms with Crippen molar-refractivity contribution in [3.63, 3.8) is 0 Å². The number of hydrogen-bond acceptors (Lipinski definition) is 4. The van der Waals surface area contributed by atoms with E-state index in [4.69, 9.17) is 9.47 Å². The van der Waals surface area contributed by atoms with Crippen LogP contribution in [0.5, 0.6) is 0 Å². The van der Waals surface area contributed by atoms with Gasteiger partial charge in [-0.05, 0) is 24.3 Å². The van der Waals surface area contributed by atoms with Gasteiger partial charge in [0, 0.05) is 11.1 Å². The van der Waals surface area contributed by atoms with Crippen molar-refractivity contribution in [3.8, 4) is 0 Å². The largest absolute Gasteiger partial charge is 0.504 e. The highest BCUT2D eigenvalue weighted by molar-refractivity contribution is 6.22. The van der Waals surface area contributed by atoms with Gasteiger partial charge in [0.2, 0.25) is 0 Å². The molecule has 0 N–H and O–H groups in total. The molecule has 0 atom stereocenters. The maximum atomic E-state index is 11.8. The van der Waals surface area contributed by atoms with Crippen LogP contribution in [0.4, 0.5) is 0 Å². The molecular formula is C12H12O4. The molecule has 0 radical (unpaired) electrons. The molecule has 84 valence electrons. The summed E-state index contributed by atoms with van der Waals surface area (Å²) in [5, 5.41) is 0. The second kappa shape index (κ2) is 5.70. The monoisotopic (exact) mass is 220 g/mol. The van der Waals surface area contributed by atoms with Crippen LogP contribution in [0.25, 0.3) is 0 Å². The third-order valence-electron chi connectivity index (χ3n) is 1.89. The van der Waals surface area contributed by atoms with Crippen molar-refractivity contribution in [2.75, 3.05) is 14.2 Å². The number of carbonyl (C=O) groups excluding carboxylic acids is 2. The molecule has 0 saturated carbocycles. The fraction of sp³-hybridized carbons (Fsp3) is 0.167. The van der Waals surface area contributed by atoms with Crippen LogP contribution >= 0.6 is 0 Å². The first-order valence-electron chi connectivity index (χ1n) is 4.59. The Labute approximate surface area is 93.5 Å². The molecule has 0 aromatic heterocycles. The van der Waals surface area contributed by atoms with Crippen LogP contribution in [-0.4, -0.2) is 25.8 Å². The number of carbonyl (C=O) groups is 2. The fourth-order valence-corrected chi connectivity index (χ4v) is 1.18. The number of ether oxygens (including phenoxy) is 2. The Hall–Kier alpha value is -2.10. The van der Waals surface area contributed by atoms with Gasteiger partial charge in [0.1, 0.15) is 0 Å². The molecule has 0 aliphatic heterocycles. The van der Waals surface area contributed by atoms with Crippen LogP contribution < -0.4 is 0 Å². The van der Waals surface area contributed by atoms with Crippen LogP contribution in [0.15, 0.2) is 48.0 Å². The van der Waals surface area contributed by atoms with E-state index in [1.807, 2.05) is 0 Å². The van der Waals surface area contributed by atoms with Crippen molar-refractivity contribution < 1.29 is 19.1 Å². The first-order chi connectivity index (χ1) is 7.69. The van der Waals surface area contributed by atoms with Crippen molar-refractivity contribution in [2.24, 2.45) is 0 Å². The number of rotatable bonds is 4. The maximum absolute atomic E-state index is 11.8. The van der Waals surface area contributed by atoms with Crippen LogP contribution in [0.1, 0.15) is 0 Å². The lowest BCUT2D eigenvalue weighted by molar-refractivity contribution is -0.114. The van der Waals surface area contributed by atoms with Crippen LogP contribution in [0.2, 0.25) is 0 Å².